The fourth-order valence-electron chi connectivity index (χ4n) is 1.70. The predicted octanol–water partition coefficient (Wildman–Crippen LogP) is 2.37. The molecule has 16 heavy (non-hydrogen) atoms. The lowest BCUT2D eigenvalue weighted by atomic mass is 10.1. The molecule has 0 spiro atoms. The molecule has 0 bridgehead atoms. The van der Waals surface area contributed by atoms with Crippen LogP contribution >= 0.6 is 0 Å². The molecule has 2 heterocycles. The summed E-state index contributed by atoms with van der Waals surface area (Å²) in [7, 11) is 0. The molecular formula is C11H9N3O2. The highest BCUT2D eigenvalue weighted by molar-refractivity contribution is 5.90. The molecule has 0 aliphatic carbocycles. The summed E-state index contributed by atoms with van der Waals surface area (Å²) in [6.45, 7) is 1.96. The van der Waals surface area contributed by atoms with Crippen LogP contribution in [0.25, 0.3) is 22.4 Å². The van der Waals surface area contributed by atoms with E-state index in [0.29, 0.717) is 17.3 Å². The summed E-state index contributed by atoms with van der Waals surface area (Å²) in [6, 6.07) is 3.75. The Morgan fingerprint density at radius 3 is 2.94 bits per heavy atom. The first-order valence-electron chi connectivity index (χ1n) is 4.81. The third-order valence-electron chi connectivity index (χ3n) is 2.51. The van der Waals surface area contributed by atoms with E-state index in [4.69, 9.17) is 14.7 Å². The summed E-state index contributed by atoms with van der Waals surface area (Å²) in [6.07, 6.45) is 3.14. The largest absolute Gasteiger partial charge is 0.445 e. The molecule has 0 amide bonds. The molecular weight excluding hydrogens is 206 g/mol. The van der Waals surface area contributed by atoms with Gasteiger partial charge in [-0.25, -0.2) is 4.98 Å². The number of aryl methyl sites for hydroxylation is 1. The summed E-state index contributed by atoms with van der Waals surface area (Å²) in [5, 5.41) is 4.52. The number of aromatic nitrogens is 2. The number of oxazole rings is 1. The van der Waals surface area contributed by atoms with Gasteiger partial charge in [-0.15, -0.1) is 0 Å². The highest BCUT2D eigenvalue weighted by Gasteiger charge is 2.12. The number of nitrogen functional groups attached to an aromatic ring is 1. The molecule has 3 aromatic rings. The van der Waals surface area contributed by atoms with Gasteiger partial charge in [-0.05, 0) is 24.6 Å². The summed E-state index contributed by atoms with van der Waals surface area (Å²) >= 11 is 0. The fraction of sp³-hybridized carbons (Fsp3) is 0.0909. The van der Waals surface area contributed by atoms with E-state index in [1.165, 1.54) is 6.26 Å². The summed E-state index contributed by atoms with van der Waals surface area (Å²) in [4.78, 5) is 4.10. The lowest BCUT2D eigenvalue weighted by Crippen LogP contribution is -1.86. The summed E-state index contributed by atoms with van der Waals surface area (Å²) in [5.41, 5.74) is 8.21. The van der Waals surface area contributed by atoms with Crippen molar-refractivity contribution in [3.8, 4) is 11.5 Å². The van der Waals surface area contributed by atoms with Crippen LogP contribution in [0.2, 0.25) is 0 Å². The van der Waals surface area contributed by atoms with Crippen LogP contribution in [0.1, 0.15) is 5.56 Å². The Balaban J connectivity index is 2.30. The average Bonchev–Trinajstić information content (AvgIpc) is 2.89. The van der Waals surface area contributed by atoms with Crippen LogP contribution in [0, 0.1) is 6.92 Å². The van der Waals surface area contributed by atoms with Gasteiger partial charge in [0, 0.05) is 5.56 Å². The first-order valence-corrected chi connectivity index (χ1v) is 4.81. The lowest BCUT2D eigenvalue weighted by molar-refractivity contribution is 0.460. The van der Waals surface area contributed by atoms with Crippen molar-refractivity contribution in [3.05, 3.63) is 30.2 Å². The lowest BCUT2D eigenvalue weighted by Gasteiger charge is -2.00. The number of hydrogen-bond donors (Lipinski definition) is 1. The van der Waals surface area contributed by atoms with Crippen LogP contribution in [0.4, 0.5) is 5.82 Å². The van der Waals surface area contributed by atoms with Crippen molar-refractivity contribution < 1.29 is 8.94 Å². The third kappa shape index (κ3) is 1.18. The molecule has 0 fully saturated rings. The Labute approximate surface area is 90.9 Å². The van der Waals surface area contributed by atoms with Crippen LogP contribution in [-0.2, 0) is 0 Å². The van der Waals surface area contributed by atoms with Gasteiger partial charge in [-0.2, -0.15) is 0 Å². The van der Waals surface area contributed by atoms with Crippen molar-refractivity contribution in [3.63, 3.8) is 0 Å². The first kappa shape index (κ1) is 8.96. The van der Waals surface area contributed by atoms with Gasteiger partial charge in [-0.1, -0.05) is 5.16 Å². The maximum Gasteiger partial charge on any atom is 0.226 e. The van der Waals surface area contributed by atoms with Gasteiger partial charge in [0.15, 0.2) is 11.4 Å². The third-order valence-corrected chi connectivity index (χ3v) is 2.51. The summed E-state index contributed by atoms with van der Waals surface area (Å²) < 4.78 is 10.3. The van der Waals surface area contributed by atoms with Gasteiger partial charge in [0.05, 0.1) is 11.6 Å². The second-order valence-corrected chi connectivity index (χ2v) is 3.57. The van der Waals surface area contributed by atoms with Crippen molar-refractivity contribution in [2.45, 2.75) is 6.92 Å². The second kappa shape index (κ2) is 3.10. The standard InChI is InChI=1S/C11H9N3O2/c1-6-4-8-9(16-14-10(8)12)5-7(6)11-13-2-3-15-11/h2-5H,1H3,(H2,12,14). The van der Waals surface area contributed by atoms with E-state index in [0.717, 1.165) is 16.5 Å². The Hall–Kier alpha value is -2.30. The normalized spacial score (nSPS) is 11.1. The number of hydrogen-bond acceptors (Lipinski definition) is 5. The molecule has 2 aromatic heterocycles. The molecule has 5 nitrogen and oxygen atoms in total. The maximum absolute atomic E-state index is 5.67. The Morgan fingerprint density at radius 2 is 2.19 bits per heavy atom. The highest BCUT2D eigenvalue weighted by Crippen LogP contribution is 2.29. The van der Waals surface area contributed by atoms with E-state index in [1.807, 2.05) is 19.1 Å². The minimum Gasteiger partial charge on any atom is -0.445 e. The van der Waals surface area contributed by atoms with Gasteiger partial charge in [-0.3, -0.25) is 0 Å². The molecule has 0 aliphatic rings. The highest BCUT2D eigenvalue weighted by atomic mass is 16.5. The van der Waals surface area contributed by atoms with Crippen LogP contribution in [-0.4, -0.2) is 10.1 Å². The molecule has 0 saturated heterocycles. The van der Waals surface area contributed by atoms with E-state index in [1.54, 1.807) is 6.20 Å². The van der Waals surface area contributed by atoms with Gasteiger partial charge in [0.1, 0.15) is 6.26 Å². The van der Waals surface area contributed by atoms with E-state index in [-0.39, 0.29) is 0 Å². The maximum atomic E-state index is 5.67. The van der Waals surface area contributed by atoms with Crippen LogP contribution in [0.15, 0.2) is 33.5 Å². The predicted molar refractivity (Wildman–Crippen MR) is 58.7 cm³/mol. The zero-order valence-corrected chi connectivity index (χ0v) is 8.60. The monoisotopic (exact) mass is 215 g/mol. The molecule has 2 N–H and O–H groups in total. The van der Waals surface area contributed by atoms with Gasteiger partial charge in [0.2, 0.25) is 5.89 Å². The minimum absolute atomic E-state index is 0.400. The number of fused-ring (bicyclic) bond motifs is 1. The van der Waals surface area contributed by atoms with Gasteiger partial charge < -0.3 is 14.7 Å². The number of nitrogens with zero attached hydrogens (tertiary/aromatic N) is 2. The first-order chi connectivity index (χ1) is 7.75. The Kier molecular flexibility index (Phi) is 1.73. The minimum atomic E-state index is 0.400. The second-order valence-electron chi connectivity index (χ2n) is 3.57. The molecule has 3 rings (SSSR count). The molecule has 0 radical (unpaired) electrons. The number of rotatable bonds is 1. The van der Waals surface area contributed by atoms with Gasteiger partial charge >= 0.3 is 0 Å². The molecule has 80 valence electrons. The van der Waals surface area contributed by atoms with E-state index in [9.17, 15) is 0 Å². The van der Waals surface area contributed by atoms with Crippen molar-refractivity contribution in [2.75, 3.05) is 5.73 Å². The molecule has 0 aliphatic heterocycles. The molecule has 5 heteroatoms. The van der Waals surface area contributed by atoms with E-state index < -0.39 is 0 Å². The Morgan fingerprint density at radius 1 is 1.31 bits per heavy atom. The fourth-order valence-corrected chi connectivity index (χ4v) is 1.70. The van der Waals surface area contributed by atoms with Crippen molar-refractivity contribution in [2.24, 2.45) is 0 Å². The topological polar surface area (TPSA) is 78.1 Å². The SMILES string of the molecule is Cc1cc2c(N)noc2cc1-c1ncco1. The zero-order valence-electron chi connectivity index (χ0n) is 8.60. The molecule has 0 saturated carbocycles. The molecule has 0 atom stereocenters. The van der Waals surface area contributed by atoms with Crippen LogP contribution in [0.3, 0.4) is 0 Å². The average molecular weight is 215 g/mol. The molecule has 0 unspecified atom stereocenters. The van der Waals surface area contributed by atoms with E-state index in [2.05, 4.69) is 10.1 Å². The van der Waals surface area contributed by atoms with Crippen LogP contribution in [0.5, 0.6) is 0 Å². The number of benzene rings is 1. The quantitative estimate of drug-likeness (QED) is 0.674. The van der Waals surface area contributed by atoms with Gasteiger partial charge in [0.25, 0.3) is 0 Å². The number of nitrogens with two attached hydrogens (primary N) is 1. The van der Waals surface area contributed by atoms with E-state index >= 15 is 0 Å². The smallest absolute Gasteiger partial charge is 0.226 e. The van der Waals surface area contributed by atoms with Crippen molar-refractivity contribution in [1.29, 1.82) is 0 Å². The molecule has 1 aromatic carbocycles. The van der Waals surface area contributed by atoms with Crippen molar-refractivity contribution >= 4 is 16.8 Å². The van der Waals surface area contributed by atoms with Crippen LogP contribution < -0.4 is 5.73 Å². The number of anilines is 1. The van der Waals surface area contributed by atoms with Crippen molar-refractivity contribution in [1.82, 2.24) is 10.1 Å². The summed E-state index contributed by atoms with van der Waals surface area (Å²) in [5.74, 6) is 0.964. The zero-order chi connectivity index (χ0) is 11.1. The Bertz CT molecular complexity index is 641.